The van der Waals surface area contributed by atoms with Crippen molar-refractivity contribution in [3.8, 4) is 0 Å². The van der Waals surface area contributed by atoms with Crippen LogP contribution in [0, 0.1) is 5.92 Å². The van der Waals surface area contributed by atoms with Gasteiger partial charge in [-0.15, -0.1) is 0 Å². The average Bonchev–Trinajstić information content (AvgIpc) is 2.23. The van der Waals surface area contributed by atoms with E-state index in [1.165, 1.54) is 0 Å². The molecule has 3 atom stereocenters. The van der Waals surface area contributed by atoms with Gasteiger partial charge in [-0.25, -0.2) is 0 Å². The molecule has 0 aromatic carbocycles. The number of esters is 1. The molecule has 1 fully saturated rings. The van der Waals surface area contributed by atoms with Crippen LogP contribution in [-0.2, 0) is 14.0 Å². The minimum absolute atomic E-state index is 0.0408. The van der Waals surface area contributed by atoms with E-state index in [0.29, 0.717) is 12.8 Å². The third kappa shape index (κ3) is 4.03. The molecule has 5 heteroatoms. The minimum atomic E-state index is -1.89. The Bertz CT molecular complexity index is 322. The number of aliphatic hydroxyl groups excluding tert-OH is 1. The Morgan fingerprint density at radius 2 is 2.00 bits per heavy atom. The summed E-state index contributed by atoms with van der Waals surface area (Å²) >= 11 is 0. The maximum atomic E-state index is 11.9. The molecule has 1 heterocycles. The van der Waals surface area contributed by atoms with Gasteiger partial charge in [-0.05, 0) is 25.1 Å². The summed E-state index contributed by atoms with van der Waals surface area (Å²) in [5.74, 6) is -0.419. The first-order chi connectivity index (χ1) is 8.58. The van der Waals surface area contributed by atoms with Gasteiger partial charge >= 0.3 is 5.97 Å². The summed E-state index contributed by atoms with van der Waals surface area (Å²) in [6.45, 7) is 12.9. The molecule has 1 saturated heterocycles. The number of hydrogen-bond acceptors (Lipinski definition) is 4. The molecular formula is C14H28O4Si. The highest BCUT2D eigenvalue weighted by molar-refractivity contribution is 6.74. The van der Waals surface area contributed by atoms with Crippen molar-refractivity contribution in [3.63, 3.8) is 0 Å². The van der Waals surface area contributed by atoms with Gasteiger partial charge in [-0.1, -0.05) is 20.8 Å². The molecule has 1 aliphatic heterocycles. The van der Waals surface area contributed by atoms with Crippen LogP contribution >= 0.6 is 0 Å². The Labute approximate surface area is 117 Å². The molecule has 112 valence electrons. The predicted octanol–water partition coefficient (Wildman–Crippen LogP) is 2.71. The van der Waals surface area contributed by atoms with Crippen LogP contribution < -0.4 is 0 Å². The third-order valence-electron chi connectivity index (χ3n) is 4.41. The highest BCUT2D eigenvalue weighted by Crippen LogP contribution is 2.39. The lowest BCUT2D eigenvalue weighted by Gasteiger charge is -2.43. The molecule has 0 spiro atoms. The summed E-state index contributed by atoms with van der Waals surface area (Å²) in [5, 5.41) is 9.12. The number of carbonyl (C=O) groups is 1. The fourth-order valence-electron chi connectivity index (χ4n) is 1.96. The van der Waals surface area contributed by atoms with Gasteiger partial charge in [0.2, 0.25) is 0 Å². The fourth-order valence-corrected chi connectivity index (χ4v) is 3.37. The molecule has 1 unspecified atom stereocenters. The van der Waals surface area contributed by atoms with Gasteiger partial charge in [0, 0.05) is 19.4 Å². The first kappa shape index (κ1) is 16.7. The van der Waals surface area contributed by atoms with Crippen molar-refractivity contribution in [2.75, 3.05) is 6.61 Å². The van der Waals surface area contributed by atoms with Crippen LogP contribution in [-0.4, -0.2) is 38.2 Å². The Hall–Kier alpha value is -0.393. The smallest absolute Gasteiger partial charge is 0.311 e. The van der Waals surface area contributed by atoms with E-state index < -0.39 is 8.32 Å². The van der Waals surface area contributed by atoms with Gasteiger partial charge < -0.3 is 14.3 Å². The molecule has 0 radical (unpaired) electrons. The second-order valence-corrected chi connectivity index (χ2v) is 11.8. The number of hydrogen-bond donors (Lipinski definition) is 1. The Balaban J connectivity index is 2.77. The highest BCUT2D eigenvalue weighted by atomic mass is 28.4. The lowest BCUT2D eigenvalue weighted by Crippen LogP contribution is -2.50. The van der Waals surface area contributed by atoms with Crippen LogP contribution in [0.4, 0.5) is 0 Å². The maximum Gasteiger partial charge on any atom is 0.311 e. The van der Waals surface area contributed by atoms with Crippen molar-refractivity contribution in [3.05, 3.63) is 0 Å². The molecule has 0 aliphatic carbocycles. The Kier molecular flexibility index (Phi) is 5.20. The monoisotopic (exact) mass is 288 g/mol. The number of rotatable bonds is 4. The molecule has 1 N–H and O–H groups in total. The SMILES string of the molecule is C[C@@H]1C(=O)O[C@H](CCO)CC1O[Si](C)(C)C(C)(C)C. The first-order valence-electron chi connectivity index (χ1n) is 7.07. The van der Waals surface area contributed by atoms with Gasteiger partial charge in [0.1, 0.15) is 6.10 Å². The van der Waals surface area contributed by atoms with E-state index in [4.69, 9.17) is 14.3 Å². The molecule has 0 aromatic heterocycles. The largest absolute Gasteiger partial charge is 0.462 e. The molecule has 0 aromatic rings. The number of cyclic esters (lactones) is 1. The second kappa shape index (κ2) is 5.93. The van der Waals surface area contributed by atoms with E-state index in [1.807, 2.05) is 6.92 Å². The quantitative estimate of drug-likeness (QED) is 0.638. The molecule has 1 aliphatic rings. The standard InChI is InChI=1S/C14H28O4Si/c1-10-12(18-19(5,6)14(2,3)4)9-11(7-8-15)17-13(10)16/h10-12,15H,7-9H2,1-6H3/t10-,11+,12?/m0/s1. The zero-order valence-corrected chi connectivity index (χ0v) is 14.0. The van der Waals surface area contributed by atoms with E-state index in [-0.39, 0.29) is 35.7 Å². The van der Waals surface area contributed by atoms with Crippen LogP contribution in [0.25, 0.3) is 0 Å². The molecule has 0 bridgehead atoms. The van der Waals surface area contributed by atoms with Crippen molar-refractivity contribution >= 4 is 14.3 Å². The molecule has 19 heavy (non-hydrogen) atoms. The zero-order chi connectivity index (χ0) is 14.8. The first-order valence-corrected chi connectivity index (χ1v) is 9.98. The number of ether oxygens (including phenoxy) is 1. The summed E-state index contributed by atoms with van der Waals surface area (Å²) in [5.41, 5.74) is 0. The minimum Gasteiger partial charge on any atom is -0.462 e. The summed E-state index contributed by atoms with van der Waals surface area (Å²) in [6.07, 6.45) is 0.901. The third-order valence-corrected chi connectivity index (χ3v) is 8.92. The summed E-state index contributed by atoms with van der Waals surface area (Å²) in [6, 6.07) is 0. The summed E-state index contributed by atoms with van der Waals surface area (Å²) < 4.78 is 11.7. The van der Waals surface area contributed by atoms with E-state index in [0.717, 1.165) is 0 Å². The van der Waals surface area contributed by atoms with Crippen LogP contribution in [0.2, 0.25) is 18.1 Å². The Morgan fingerprint density at radius 3 is 2.47 bits per heavy atom. The molecule has 1 rings (SSSR count). The maximum absolute atomic E-state index is 11.9. The lowest BCUT2D eigenvalue weighted by molar-refractivity contribution is -0.168. The lowest BCUT2D eigenvalue weighted by atomic mass is 9.95. The topological polar surface area (TPSA) is 55.8 Å². The van der Waals surface area contributed by atoms with Gasteiger partial charge in [-0.2, -0.15) is 0 Å². The average molecular weight is 288 g/mol. The predicted molar refractivity (Wildman–Crippen MR) is 77.4 cm³/mol. The van der Waals surface area contributed by atoms with E-state index >= 15 is 0 Å². The van der Waals surface area contributed by atoms with E-state index in [1.54, 1.807) is 0 Å². The van der Waals surface area contributed by atoms with E-state index in [2.05, 4.69) is 33.9 Å². The van der Waals surface area contributed by atoms with Crippen molar-refractivity contribution in [2.24, 2.45) is 5.92 Å². The molecule has 4 nitrogen and oxygen atoms in total. The molecule has 0 saturated carbocycles. The molecule has 0 amide bonds. The number of carbonyl (C=O) groups excluding carboxylic acids is 1. The van der Waals surface area contributed by atoms with Crippen LogP contribution in [0.5, 0.6) is 0 Å². The molecular weight excluding hydrogens is 260 g/mol. The van der Waals surface area contributed by atoms with Crippen molar-refractivity contribution < 1.29 is 19.1 Å². The van der Waals surface area contributed by atoms with Gasteiger partial charge in [-0.3, -0.25) is 4.79 Å². The summed E-state index contributed by atoms with van der Waals surface area (Å²) in [7, 11) is -1.89. The van der Waals surface area contributed by atoms with E-state index in [9.17, 15) is 4.79 Å². The van der Waals surface area contributed by atoms with Gasteiger partial charge in [0.05, 0.1) is 12.0 Å². The Morgan fingerprint density at radius 1 is 1.42 bits per heavy atom. The zero-order valence-electron chi connectivity index (χ0n) is 13.0. The number of aliphatic hydroxyl groups is 1. The van der Waals surface area contributed by atoms with Gasteiger partial charge in [0.25, 0.3) is 0 Å². The van der Waals surface area contributed by atoms with Crippen molar-refractivity contribution in [1.82, 2.24) is 0 Å². The second-order valence-electron chi connectivity index (χ2n) is 7.01. The fraction of sp³-hybridized carbons (Fsp3) is 0.929. The normalized spacial score (nSPS) is 29.2. The van der Waals surface area contributed by atoms with Crippen LogP contribution in [0.3, 0.4) is 0 Å². The highest BCUT2D eigenvalue weighted by Gasteiger charge is 2.44. The van der Waals surface area contributed by atoms with Crippen molar-refractivity contribution in [1.29, 1.82) is 0 Å². The van der Waals surface area contributed by atoms with Gasteiger partial charge in [0.15, 0.2) is 8.32 Å². The van der Waals surface area contributed by atoms with Crippen LogP contribution in [0.1, 0.15) is 40.5 Å². The van der Waals surface area contributed by atoms with Crippen LogP contribution in [0.15, 0.2) is 0 Å². The summed E-state index contributed by atoms with van der Waals surface area (Å²) in [4.78, 5) is 11.9. The van der Waals surface area contributed by atoms with Crippen molar-refractivity contribution in [2.45, 2.75) is 70.9 Å².